The fourth-order valence-electron chi connectivity index (χ4n) is 3.56. The number of nitrogens with two attached hydrogens (primary N) is 1. The molecule has 1 fully saturated rings. The van der Waals surface area contributed by atoms with E-state index in [1.807, 2.05) is 30.3 Å². The molecule has 0 radical (unpaired) electrons. The van der Waals surface area contributed by atoms with Crippen LogP contribution >= 0.6 is 0 Å². The zero-order valence-electron chi connectivity index (χ0n) is 17.2. The highest BCUT2D eigenvalue weighted by Crippen LogP contribution is 2.24. The van der Waals surface area contributed by atoms with Gasteiger partial charge < -0.3 is 21.1 Å². The molecule has 0 aliphatic heterocycles. The van der Waals surface area contributed by atoms with Gasteiger partial charge in [-0.2, -0.15) is 0 Å². The van der Waals surface area contributed by atoms with Crippen molar-refractivity contribution in [3.05, 3.63) is 35.9 Å². The van der Waals surface area contributed by atoms with Crippen molar-refractivity contribution in [1.82, 2.24) is 10.6 Å². The fourth-order valence-corrected chi connectivity index (χ4v) is 3.56. The lowest BCUT2D eigenvalue weighted by atomic mass is 9.83. The first kappa shape index (κ1) is 23.4. The minimum Gasteiger partial charge on any atom is -0.445 e. The van der Waals surface area contributed by atoms with Crippen LogP contribution in [-0.2, 0) is 25.7 Å². The molecule has 2 atom stereocenters. The number of hydrogen-bond acceptors (Lipinski definition) is 5. The van der Waals surface area contributed by atoms with E-state index in [4.69, 9.17) is 10.5 Å². The monoisotopic (exact) mass is 417 g/mol. The molecule has 0 unspecified atom stereocenters. The first-order valence-corrected chi connectivity index (χ1v) is 10.5. The van der Waals surface area contributed by atoms with Gasteiger partial charge in [0.15, 0.2) is 0 Å². The zero-order chi connectivity index (χ0) is 21.8. The third-order valence-electron chi connectivity index (χ3n) is 5.18. The Morgan fingerprint density at radius 3 is 2.60 bits per heavy atom. The van der Waals surface area contributed by atoms with Crippen molar-refractivity contribution in [1.29, 1.82) is 0 Å². The van der Waals surface area contributed by atoms with Crippen LogP contribution in [0.3, 0.4) is 0 Å². The van der Waals surface area contributed by atoms with E-state index in [9.17, 15) is 19.2 Å². The fraction of sp³-hybridized carbons (Fsp3) is 0.545. The molecule has 2 rings (SSSR count). The Kier molecular flexibility index (Phi) is 9.83. The standard InChI is InChI=1S/C22H31N3O5/c23-21(28)20(17-10-7-11-18(26)14-17)25-19(27)12-5-2-6-13-24-22(29)30-15-16-8-3-1-4-9-16/h1,3-4,8-9,17,20H,2,5-7,10-15H2,(H2,23,28)(H,24,29)(H,25,27)/t17-,20-/m0/s1. The van der Waals surface area contributed by atoms with Crippen molar-refractivity contribution in [2.75, 3.05) is 6.54 Å². The summed E-state index contributed by atoms with van der Waals surface area (Å²) in [6, 6.07) is 8.64. The number of unbranched alkanes of at least 4 members (excludes halogenated alkanes) is 2. The van der Waals surface area contributed by atoms with Crippen LogP contribution in [0, 0.1) is 5.92 Å². The summed E-state index contributed by atoms with van der Waals surface area (Å²) >= 11 is 0. The maximum Gasteiger partial charge on any atom is 0.407 e. The van der Waals surface area contributed by atoms with E-state index in [0.717, 1.165) is 18.4 Å². The molecule has 1 aromatic rings. The summed E-state index contributed by atoms with van der Waals surface area (Å²) in [5.41, 5.74) is 6.35. The number of primary amides is 1. The molecule has 4 N–H and O–H groups in total. The van der Waals surface area contributed by atoms with E-state index in [1.54, 1.807) is 0 Å². The van der Waals surface area contributed by atoms with E-state index in [0.29, 0.717) is 38.6 Å². The van der Waals surface area contributed by atoms with Gasteiger partial charge in [-0.05, 0) is 37.2 Å². The SMILES string of the molecule is NC(=O)[C@@H](NC(=O)CCCCCNC(=O)OCc1ccccc1)[C@H]1CCCC(=O)C1. The quantitative estimate of drug-likeness (QED) is 0.476. The molecule has 1 saturated carbocycles. The minimum atomic E-state index is -0.789. The van der Waals surface area contributed by atoms with Crippen molar-refractivity contribution < 1.29 is 23.9 Å². The lowest BCUT2D eigenvalue weighted by Crippen LogP contribution is -2.50. The predicted octanol–water partition coefficient (Wildman–Crippen LogP) is 2.20. The number of ketones is 1. The highest BCUT2D eigenvalue weighted by Gasteiger charge is 2.31. The topological polar surface area (TPSA) is 128 Å². The summed E-state index contributed by atoms with van der Waals surface area (Å²) in [5, 5.41) is 5.37. The van der Waals surface area contributed by atoms with Crippen LogP contribution in [0.15, 0.2) is 30.3 Å². The second kappa shape index (κ2) is 12.6. The number of benzene rings is 1. The Balaban J connectivity index is 1.56. The van der Waals surface area contributed by atoms with E-state index >= 15 is 0 Å². The second-order valence-electron chi connectivity index (χ2n) is 7.64. The summed E-state index contributed by atoms with van der Waals surface area (Å²) in [6.45, 7) is 0.684. The summed E-state index contributed by atoms with van der Waals surface area (Å²) in [6.07, 6.45) is 4.15. The maximum atomic E-state index is 12.1. The average Bonchev–Trinajstić information content (AvgIpc) is 2.73. The number of alkyl carbamates (subject to hydrolysis) is 1. The highest BCUT2D eigenvalue weighted by molar-refractivity contribution is 5.88. The van der Waals surface area contributed by atoms with Crippen molar-refractivity contribution in [2.24, 2.45) is 11.7 Å². The third kappa shape index (κ3) is 8.63. The Hall–Kier alpha value is -2.90. The molecule has 0 heterocycles. The number of Topliss-reactive ketones (excluding diaryl/α,β-unsaturated/α-hetero) is 1. The molecule has 0 aromatic heterocycles. The van der Waals surface area contributed by atoms with Crippen LogP contribution < -0.4 is 16.4 Å². The normalized spacial score (nSPS) is 17.1. The molecule has 1 aromatic carbocycles. The van der Waals surface area contributed by atoms with Crippen molar-refractivity contribution in [3.8, 4) is 0 Å². The molecule has 8 heteroatoms. The van der Waals surface area contributed by atoms with Gasteiger partial charge in [0.05, 0.1) is 0 Å². The van der Waals surface area contributed by atoms with E-state index in [-0.39, 0.29) is 30.6 Å². The number of nitrogens with one attached hydrogen (secondary N) is 2. The van der Waals surface area contributed by atoms with Gasteiger partial charge in [0.1, 0.15) is 18.4 Å². The van der Waals surface area contributed by atoms with Crippen molar-refractivity contribution >= 4 is 23.7 Å². The van der Waals surface area contributed by atoms with Crippen LogP contribution in [0.2, 0.25) is 0 Å². The zero-order valence-corrected chi connectivity index (χ0v) is 17.2. The second-order valence-corrected chi connectivity index (χ2v) is 7.64. The Labute approximate surface area is 176 Å². The largest absolute Gasteiger partial charge is 0.445 e. The molecule has 30 heavy (non-hydrogen) atoms. The summed E-state index contributed by atoms with van der Waals surface area (Å²) in [7, 11) is 0. The molecular formula is C22H31N3O5. The van der Waals surface area contributed by atoms with Gasteiger partial charge in [0.2, 0.25) is 11.8 Å². The molecule has 3 amide bonds. The van der Waals surface area contributed by atoms with Crippen LogP contribution in [0.4, 0.5) is 4.79 Å². The van der Waals surface area contributed by atoms with Crippen LogP contribution in [0.25, 0.3) is 0 Å². The lowest BCUT2D eigenvalue weighted by molar-refractivity contribution is -0.130. The molecule has 0 bridgehead atoms. The van der Waals surface area contributed by atoms with Crippen LogP contribution in [0.5, 0.6) is 0 Å². The number of amides is 3. The molecule has 1 aliphatic rings. The number of carbonyl (C=O) groups is 4. The average molecular weight is 418 g/mol. The van der Waals surface area contributed by atoms with Gasteiger partial charge in [-0.25, -0.2) is 4.79 Å². The Morgan fingerprint density at radius 1 is 1.13 bits per heavy atom. The first-order chi connectivity index (χ1) is 14.5. The number of ether oxygens (including phenoxy) is 1. The Bertz CT molecular complexity index is 723. The third-order valence-corrected chi connectivity index (χ3v) is 5.18. The molecule has 1 aliphatic carbocycles. The Morgan fingerprint density at radius 2 is 1.90 bits per heavy atom. The van der Waals surface area contributed by atoms with Crippen LogP contribution in [0.1, 0.15) is 56.9 Å². The maximum absolute atomic E-state index is 12.1. The highest BCUT2D eigenvalue weighted by atomic mass is 16.5. The smallest absolute Gasteiger partial charge is 0.407 e. The minimum absolute atomic E-state index is 0.113. The van der Waals surface area contributed by atoms with E-state index in [1.165, 1.54) is 0 Å². The summed E-state index contributed by atoms with van der Waals surface area (Å²) < 4.78 is 5.12. The number of carbonyl (C=O) groups excluding carboxylic acids is 4. The summed E-state index contributed by atoms with van der Waals surface area (Å²) in [5.74, 6) is -0.936. The van der Waals surface area contributed by atoms with Crippen LogP contribution in [-0.4, -0.2) is 36.3 Å². The van der Waals surface area contributed by atoms with Gasteiger partial charge in [0, 0.05) is 25.8 Å². The van der Waals surface area contributed by atoms with Gasteiger partial charge in [-0.15, -0.1) is 0 Å². The van der Waals surface area contributed by atoms with Crippen molar-refractivity contribution in [3.63, 3.8) is 0 Å². The van der Waals surface area contributed by atoms with Gasteiger partial charge in [0.25, 0.3) is 0 Å². The summed E-state index contributed by atoms with van der Waals surface area (Å²) in [4.78, 5) is 47.1. The number of hydrogen-bond donors (Lipinski definition) is 3. The van der Waals surface area contributed by atoms with Gasteiger partial charge >= 0.3 is 6.09 Å². The number of rotatable bonds is 11. The molecule has 0 spiro atoms. The molecule has 8 nitrogen and oxygen atoms in total. The van der Waals surface area contributed by atoms with E-state index in [2.05, 4.69) is 10.6 Å². The van der Waals surface area contributed by atoms with Gasteiger partial charge in [-0.3, -0.25) is 14.4 Å². The van der Waals surface area contributed by atoms with Crippen molar-refractivity contribution in [2.45, 2.75) is 64.0 Å². The van der Waals surface area contributed by atoms with E-state index < -0.39 is 18.0 Å². The molecule has 164 valence electrons. The molecule has 0 saturated heterocycles. The predicted molar refractivity (Wildman–Crippen MR) is 111 cm³/mol. The first-order valence-electron chi connectivity index (χ1n) is 10.5. The van der Waals surface area contributed by atoms with Gasteiger partial charge in [-0.1, -0.05) is 36.8 Å². The lowest BCUT2D eigenvalue weighted by Gasteiger charge is -2.28. The molecular weight excluding hydrogens is 386 g/mol.